The van der Waals surface area contributed by atoms with Gasteiger partial charge in [0.1, 0.15) is 17.4 Å². The molecule has 1 fully saturated rings. The highest BCUT2D eigenvalue weighted by Crippen LogP contribution is 1.86. The number of carbonyl (C=O) groups is 3. The molecule has 1 aliphatic rings. The number of rotatable bonds is 1. The van der Waals surface area contributed by atoms with Gasteiger partial charge >= 0.3 is 12.1 Å². The van der Waals surface area contributed by atoms with Crippen molar-refractivity contribution in [2.24, 2.45) is 5.73 Å². The zero-order valence-corrected chi connectivity index (χ0v) is 12.2. The largest absolute Gasteiger partial charge is 0.412 e. The maximum Gasteiger partial charge on any atom is 0.323 e. The average molecular weight is 286 g/mol. The molecule has 5 amide bonds. The van der Waals surface area contributed by atoms with Gasteiger partial charge in [0, 0.05) is 0 Å². The number of halogens is 1. The van der Waals surface area contributed by atoms with E-state index in [0.717, 1.165) is 0 Å². The molecule has 0 bridgehead atoms. The van der Waals surface area contributed by atoms with Gasteiger partial charge in [0.15, 0.2) is 6.17 Å². The van der Waals surface area contributed by atoms with E-state index in [1.165, 1.54) is 0 Å². The van der Waals surface area contributed by atoms with Crippen molar-refractivity contribution in [1.29, 1.82) is 0 Å². The number of primary amides is 1. The Kier molecular flexibility index (Phi) is 19.3. The number of urea groups is 2. The van der Waals surface area contributed by atoms with Gasteiger partial charge in [0.2, 0.25) is 0 Å². The number of imide groups is 1. The van der Waals surface area contributed by atoms with Crippen molar-refractivity contribution in [3.8, 4) is 0 Å². The lowest BCUT2D eigenvalue weighted by Crippen LogP contribution is -2.48. The van der Waals surface area contributed by atoms with E-state index in [0.29, 0.717) is 0 Å². The molecule has 0 aromatic carbocycles. The molecule has 0 aliphatic carbocycles. The lowest BCUT2D eigenvalue weighted by atomic mass is 10.5. The van der Waals surface area contributed by atoms with E-state index in [-0.39, 0.29) is 28.3 Å². The summed E-state index contributed by atoms with van der Waals surface area (Å²) in [6, 6.07) is -1.51. The molecule has 1 unspecified atom stereocenters. The summed E-state index contributed by atoms with van der Waals surface area (Å²) in [6.07, 6.45) is -1.04. The molecule has 1 heterocycles. The predicted octanol–water partition coefficient (Wildman–Crippen LogP) is -4.44. The number of carbonyl (C=O) groups excluding carboxylic acids is 3. The van der Waals surface area contributed by atoms with Crippen LogP contribution in [0.25, 0.3) is 0 Å². The third-order valence-corrected chi connectivity index (χ3v) is 1.06. The Morgan fingerprint density at radius 2 is 1.81 bits per heavy atom. The van der Waals surface area contributed by atoms with Crippen LogP contribution in [0.4, 0.5) is 9.59 Å². The summed E-state index contributed by atoms with van der Waals surface area (Å²) in [5.74, 6) is -0.617. The van der Waals surface area contributed by atoms with Crippen LogP contribution in [-0.4, -0.2) is 67.8 Å². The highest BCUT2D eigenvalue weighted by molar-refractivity contribution is 6.80. The van der Waals surface area contributed by atoms with Crippen LogP contribution in [0.2, 0.25) is 0 Å². The van der Waals surface area contributed by atoms with Gasteiger partial charge in [-0.05, 0) is 0 Å². The predicted molar refractivity (Wildman–Crippen MR) is 60.6 cm³/mol. The zero-order chi connectivity index (χ0) is 10.4. The Labute approximate surface area is 114 Å². The van der Waals surface area contributed by atoms with Gasteiger partial charge in [0.05, 0.1) is 0 Å². The topological polar surface area (TPSA) is 176 Å². The first kappa shape index (κ1) is 24.6. The summed E-state index contributed by atoms with van der Waals surface area (Å²) >= 11 is 1.89. The Morgan fingerprint density at radius 3 is 2.06 bits per heavy atom. The third-order valence-electron chi connectivity index (χ3n) is 1.06. The Bertz CT molecular complexity index is 242. The molecule has 0 aromatic rings. The quantitative estimate of drug-likeness (QED) is 0.281. The molecule has 1 rings (SSSR count). The molecule has 1 atom stereocenters. The summed E-state index contributed by atoms with van der Waals surface area (Å²) in [5, 5.41) is 6.05. The first-order chi connectivity index (χ1) is 6.09. The molecule has 9 N–H and O–H groups in total. The Hall–Kier alpha value is -0.515. The molecule has 0 aromatic heterocycles. The lowest BCUT2D eigenvalue weighted by Gasteiger charge is -2.05. The van der Waals surface area contributed by atoms with Crippen molar-refractivity contribution in [3.05, 3.63) is 0 Å². The van der Waals surface area contributed by atoms with Crippen molar-refractivity contribution in [3.63, 3.8) is 0 Å². The molecule has 1 saturated heterocycles. The van der Waals surface area contributed by atoms with Crippen molar-refractivity contribution < 1.29 is 25.3 Å². The van der Waals surface area contributed by atoms with E-state index in [4.69, 9.17) is 5.73 Å². The van der Waals surface area contributed by atoms with Gasteiger partial charge in [-0.1, -0.05) is 0 Å². The molecule has 0 saturated carbocycles. The van der Waals surface area contributed by atoms with Crippen LogP contribution < -0.4 is 21.7 Å². The van der Waals surface area contributed by atoms with Crippen molar-refractivity contribution in [1.82, 2.24) is 16.0 Å². The second-order valence-corrected chi connectivity index (χ2v) is 1.90. The van der Waals surface area contributed by atoms with E-state index in [9.17, 15) is 14.4 Å². The molecule has 3 radical (unpaired) electrons. The molecule has 91 valence electrons. The van der Waals surface area contributed by atoms with Crippen LogP contribution in [-0.2, 0) is 4.79 Å². The van der Waals surface area contributed by atoms with Crippen LogP contribution in [0.3, 0.4) is 0 Å². The van der Waals surface area contributed by atoms with E-state index in [1.54, 1.807) is 0 Å². The molecule has 1 aliphatic heterocycles. The summed E-state index contributed by atoms with van der Waals surface area (Å²) in [4.78, 5) is 31.3. The zero-order valence-electron chi connectivity index (χ0n) is 8.33. The van der Waals surface area contributed by atoms with Crippen molar-refractivity contribution in [2.75, 3.05) is 0 Å². The van der Waals surface area contributed by atoms with Gasteiger partial charge < -0.3 is 27.3 Å². The summed E-state index contributed by atoms with van der Waals surface area (Å²) in [7, 11) is 4.56. The lowest BCUT2D eigenvalue weighted by molar-refractivity contribution is -0.120. The fraction of sp³-hybridized carbons (Fsp3) is 0.250. The van der Waals surface area contributed by atoms with Gasteiger partial charge in [-0.3, -0.25) is 20.2 Å². The van der Waals surface area contributed by atoms with Gasteiger partial charge in [0.25, 0.3) is 21.3 Å². The number of nitrogens with one attached hydrogen (secondary N) is 3. The van der Waals surface area contributed by atoms with Gasteiger partial charge in [-0.15, -0.1) is 0 Å². The van der Waals surface area contributed by atoms with E-state index in [1.807, 2.05) is 26.0 Å². The summed E-state index contributed by atoms with van der Waals surface area (Å²) < 4.78 is 0. The minimum atomic E-state index is -1.04. The molecular weight excluding hydrogens is 273 g/mol. The number of hydrogen-bond acceptors (Lipinski definition) is 3. The molecule has 16 heavy (non-hydrogen) atoms. The van der Waals surface area contributed by atoms with Crippen LogP contribution in [0.1, 0.15) is 0 Å². The van der Waals surface area contributed by atoms with E-state index >= 15 is 0 Å². The molecule has 0 spiro atoms. The average Bonchev–Trinajstić information content (AvgIpc) is 2.33. The maximum absolute atomic E-state index is 10.7. The first-order valence-corrected chi connectivity index (χ1v) is 4.73. The summed E-state index contributed by atoms with van der Waals surface area (Å²) in [6.45, 7) is 0. The second kappa shape index (κ2) is 12.6. The van der Waals surface area contributed by atoms with Crippen LogP contribution >= 0.6 is 10.0 Å². The molecule has 9 nitrogen and oxygen atoms in total. The number of hydrogen-bond donors (Lipinski definition) is 4. The fourth-order valence-electron chi connectivity index (χ4n) is 0.661. The normalized spacial score (nSPS) is 15.7. The fourth-order valence-corrected chi connectivity index (χ4v) is 0.661. The van der Waals surface area contributed by atoms with Crippen LogP contribution in [0.15, 0.2) is 0 Å². The highest BCUT2D eigenvalue weighted by atomic mass is 35.6. The minimum absolute atomic E-state index is 0. The van der Waals surface area contributed by atoms with Crippen LogP contribution in [0, 0.1) is 0 Å². The van der Waals surface area contributed by atoms with Gasteiger partial charge in [-0.25, -0.2) is 9.59 Å². The number of amides is 5. The first-order valence-electron chi connectivity index (χ1n) is 2.99. The highest BCUT2D eigenvalue weighted by Gasteiger charge is 2.29. The Morgan fingerprint density at radius 1 is 1.38 bits per heavy atom. The van der Waals surface area contributed by atoms with Gasteiger partial charge in [-0.2, -0.15) is 0 Å². The molecular formula is C4H12Al2ClN4O5. The minimum Gasteiger partial charge on any atom is -0.412 e. The van der Waals surface area contributed by atoms with Crippen molar-refractivity contribution >= 4 is 60.7 Å². The summed E-state index contributed by atoms with van der Waals surface area (Å²) in [5.41, 5.74) is 4.70. The monoisotopic (exact) mass is 285 g/mol. The Balaban J connectivity index is -0.000000136. The SMILES string of the molecule is NC(=O)NC1NC(=O)NC1=O.O.O.[AlH2].[Al][Cl]. The smallest absolute Gasteiger partial charge is 0.323 e. The van der Waals surface area contributed by atoms with E-state index in [2.05, 4.69) is 15.4 Å². The maximum atomic E-state index is 10.7. The van der Waals surface area contributed by atoms with Crippen molar-refractivity contribution in [2.45, 2.75) is 6.17 Å². The van der Waals surface area contributed by atoms with E-state index < -0.39 is 24.1 Å². The second-order valence-electron chi connectivity index (χ2n) is 1.90. The number of nitrogens with two attached hydrogens (primary N) is 1. The standard InChI is InChI=1S/C4H6N4O3.2Al.ClH.2H2O.2H/c5-3(10)6-1-2(9)8-4(11)7-1;;;;;;;/h1H,(H3,5,6,10)(H2,7,8,9,11);;;1H;2*1H2;;/q;;+1;;;;;/p-1. The molecule has 12 heteroatoms. The van der Waals surface area contributed by atoms with Crippen LogP contribution in [0.5, 0.6) is 0 Å². The third kappa shape index (κ3) is 8.77.